The molecule has 1 N–H and O–H groups in total. The molecular formula is C23H21N3O2. The van der Waals surface area contributed by atoms with Crippen molar-refractivity contribution in [3.8, 4) is 11.3 Å². The van der Waals surface area contributed by atoms with Crippen LogP contribution in [0.4, 0.5) is 5.69 Å². The van der Waals surface area contributed by atoms with Crippen LogP contribution >= 0.6 is 0 Å². The summed E-state index contributed by atoms with van der Waals surface area (Å²) in [5.41, 5.74) is 4.82. The molecule has 0 saturated carbocycles. The van der Waals surface area contributed by atoms with Gasteiger partial charge in [0.05, 0.1) is 28.0 Å². The van der Waals surface area contributed by atoms with Crippen molar-refractivity contribution in [2.24, 2.45) is 0 Å². The largest absolute Gasteiger partial charge is 0.478 e. The van der Waals surface area contributed by atoms with E-state index in [0.717, 1.165) is 38.8 Å². The van der Waals surface area contributed by atoms with Gasteiger partial charge in [0.2, 0.25) is 0 Å². The second kappa shape index (κ2) is 6.93. The van der Waals surface area contributed by atoms with Gasteiger partial charge in [0.25, 0.3) is 0 Å². The number of carbonyl (C=O) groups is 1. The SMILES string of the molecule is CC(C)N(C)c1cc2cc(C(=O)O)ccc2nc1-c1ccc2ncccc2c1. The Morgan fingerprint density at radius 1 is 1.00 bits per heavy atom. The van der Waals surface area contributed by atoms with E-state index in [1.165, 1.54) is 0 Å². The standard InChI is InChI=1S/C23H21N3O2/c1-14(2)26(3)21-13-18-12-17(23(27)28)7-9-20(18)25-22(21)16-6-8-19-15(11-16)5-4-10-24-19/h4-14H,1-3H3,(H,27,28). The average Bonchev–Trinajstić information content (AvgIpc) is 2.71. The van der Waals surface area contributed by atoms with Crippen LogP contribution in [0.2, 0.25) is 0 Å². The van der Waals surface area contributed by atoms with Crippen LogP contribution in [0, 0.1) is 0 Å². The molecule has 0 saturated heterocycles. The summed E-state index contributed by atoms with van der Waals surface area (Å²) in [4.78, 5) is 22.8. The van der Waals surface area contributed by atoms with Crippen molar-refractivity contribution < 1.29 is 9.90 Å². The van der Waals surface area contributed by atoms with Gasteiger partial charge in [-0.05, 0) is 56.3 Å². The first kappa shape index (κ1) is 17.9. The van der Waals surface area contributed by atoms with Crippen molar-refractivity contribution in [1.29, 1.82) is 0 Å². The monoisotopic (exact) mass is 371 g/mol. The van der Waals surface area contributed by atoms with E-state index in [1.807, 2.05) is 37.4 Å². The smallest absolute Gasteiger partial charge is 0.335 e. The lowest BCUT2D eigenvalue weighted by molar-refractivity contribution is 0.0697. The van der Waals surface area contributed by atoms with Gasteiger partial charge in [-0.1, -0.05) is 12.1 Å². The Kier molecular flexibility index (Phi) is 4.43. The molecule has 28 heavy (non-hydrogen) atoms. The molecule has 0 fully saturated rings. The van der Waals surface area contributed by atoms with E-state index in [-0.39, 0.29) is 11.6 Å². The van der Waals surface area contributed by atoms with Gasteiger partial charge in [0.1, 0.15) is 0 Å². The molecule has 0 radical (unpaired) electrons. The van der Waals surface area contributed by atoms with E-state index in [4.69, 9.17) is 4.98 Å². The minimum absolute atomic E-state index is 0.261. The quantitative estimate of drug-likeness (QED) is 0.547. The number of rotatable bonds is 4. The number of aromatic carboxylic acids is 1. The molecule has 0 bridgehead atoms. The van der Waals surface area contributed by atoms with E-state index in [1.54, 1.807) is 24.4 Å². The van der Waals surface area contributed by atoms with Crippen LogP contribution in [0.25, 0.3) is 33.1 Å². The minimum atomic E-state index is -0.938. The molecule has 0 spiro atoms. The number of anilines is 1. The molecule has 5 nitrogen and oxygen atoms in total. The summed E-state index contributed by atoms with van der Waals surface area (Å²) in [6.07, 6.45) is 1.79. The number of carboxylic acids is 1. The van der Waals surface area contributed by atoms with Gasteiger partial charge in [-0.3, -0.25) is 4.98 Å². The van der Waals surface area contributed by atoms with Crippen LogP contribution in [0.1, 0.15) is 24.2 Å². The highest BCUT2D eigenvalue weighted by Gasteiger charge is 2.16. The molecule has 4 rings (SSSR count). The van der Waals surface area contributed by atoms with E-state index >= 15 is 0 Å². The second-order valence-corrected chi connectivity index (χ2v) is 7.18. The Hall–Kier alpha value is -3.47. The van der Waals surface area contributed by atoms with Crippen LogP contribution in [0.5, 0.6) is 0 Å². The molecule has 4 aromatic rings. The van der Waals surface area contributed by atoms with Crippen LogP contribution in [0.15, 0.2) is 60.8 Å². The Bertz CT molecular complexity index is 1200. The molecule has 0 amide bonds. The highest BCUT2D eigenvalue weighted by atomic mass is 16.4. The number of aromatic nitrogens is 2. The second-order valence-electron chi connectivity index (χ2n) is 7.18. The minimum Gasteiger partial charge on any atom is -0.478 e. The first-order valence-corrected chi connectivity index (χ1v) is 9.20. The number of hydrogen-bond donors (Lipinski definition) is 1. The third-order valence-electron chi connectivity index (χ3n) is 5.07. The van der Waals surface area contributed by atoms with Crippen LogP contribution in [-0.2, 0) is 0 Å². The topological polar surface area (TPSA) is 66.3 Å². The molecule has 2 aromatic carbocycles. The van der Waals surface area contributed by atoms with Crippen LogP contribution in [-0.4, -0.2) is 34.1 Å². The zero-order valence-corrected chi connectivity index (χ0v) is 16.0. The predicted molar refractivity (Wildman–Crippen MR) is 113 cm³/mol. The number of fused-ring (bicyclic) bond motifs is 2. The number of pyridine rings is 2. The molecule has 0 atom stereocenters. The van der Waals surface area contributed by atoms with Gasteiger partial charge in [-0.2, -0.15) is 0 Å². The van der Waals surface area contributed by atoms with Gasteiger partial charge in [-0.15, -0.1) is 0 Å². The number of carboxylic acid groups (broad SMARTS) is 1. The normalized spacial score (nSPS) is 11.3. The summed E-state index contributed by atoms with van der Waals surface area (Å²) in [5.74, 6) is -0.938. The third kappa shape index (κ3) is 3.16. The Labute approximate surface area is 163 Å². The maximum Gasteiger partial charge on any atom is 0.335 e. The lowest BCUT2D eigenvalue weighted by Crippen LogP contribution is -2.26. The number of benzene rings is 2. The fraction of sp³-hybridized carbons (Fsp3) is 0.174. The first-order chi connectivity index (χ1) is 13.4. The molecule has 2 aromatic heterocycles. The fourth-order valence-electron chi connectivity index (χ4n) is 3.28. The summed E-state index contributed by atoms with van der Waals surface area (Å²) >= 11 is 0. The van der Waals surface area contributed by atoms with Crippen LogP contribution in [0.3, 0.4) is 0 Å². The van der Waals surface area contributed by atoms with Gasteiger partial charge in [0.15, 0.2) is 0 Å². The molecule has 0 aliphatic carbocycles. The summed E-state index contributed by atoms with van der Waals surface area (Å²) in [5, 5.41) is 11.2. The van der Waals surface area contributed by atoms with Gasteiger partial charge in [-0.25, -0.2) is 9.78 Å². The van der Waals surface area contributed by atoms with Crippen molar-refractivity contribution in [1.82, 2.24) is 9.97 Å². The van der Waals surface area contributed by atoms with Crippen molar-refractivity contribution >= 4 is 33.5 Å². The van der Waals surface area contributed by atoms with Crippen LogP contribution < -0.4 is 4.90 Å². The van der Waals surface area contributed by atoms with Crippen molar-refractivity contribution in [2.45, 2.75) is 19.9 Å². The number of hydrogen-bond acceptors (Lipinski definition) is 4. The van der Waals surface area contributed by atoms with Crippen molar-refractivity contribution in [3.05, 3.63) is 66.4 Å². The molecular weight excluding hydrogens is 350 g/mol. The average molecular weight is 371 g/mol. The van der Waals surface area contributed by atoms with E-state index in [0.29, 0.717) is 0 Å². The maximum atomic E-state index is 11.3. The van der Waals surface area contributed by atoms with Gasteiger partial charge >= 0.3 is 5.97 Å². The summed E-state index contributed by atoms with van der Waals surface area (Å²) in [6.45, 7) is 4.23. The molecule has 0 unspecified atom stereocenters. The molecule has 0 aliphatic rings. The zero-order chi connectivity index (χ0) is 19.8. The molecule has 5 heteroatoms. The summed E-state index contributed by atoms with van der Waals surface area (Å²) < 4.78 is 0. The van der Waals surface area contributed by atoms with E-state index < -0.39 is 5.97 Å². The Morgan fingerprint density at radius 3 is 2.54 bits per heavy atom. The van der Waals surface area contributed by atoms with Crippen molar-refractivity contribution in [3.63, 3.8) is 0 Å². The highest BCUT2D eigenvalue weighted by molar-refractivity contribution is 5.96. The molecule has 0 aliphatic heterocycles. The first-order valence-electron chi connectivity index (χ1n) is 9.20. The van der Waals surface area contributed by atoms with Crippen molar-refractivity contribution in [2.75, 3.05) is 11.9 Å². The summed E-state index contributed by atoms with van der Waals surface area (Å²) in [6, 6.07) is 17.4. The Morgan fingerprint density at radius 2 is 1.79 bits per heavy atom. The van der Waals surface area contributed by atoms with E-state index in [2.05, 4.69) is 29.8 Å². The zero-order valence-electron chi connectivity index (χ0n) is 16.0. The summed E-state index contributed by atoms with van der Waals surface area (Å²) in [7, 11) is 2.03. The lowest BCUT2D eigenvalue weighted by Gasteiger charge is -2.26. The predicted octanol–water partition coefficient (Wildman–Crippen LogP) is 4.99. The highest BCUT2D eigenvalue weighted by Crippen LogP contribution is 2.34. The molecule has 2 heterocycles. The third-order valence-corrected chi connectivity index (χ3v) is 5.07. The lowest BCUT2D eigenvalue weighted by atomic mass is 10.0. The maximum absolute atomic E-state index is 11.3. The van der Waals surface area contributed by atoms with Gasteiger partial charge in [0, 0.05) is 35.6 Å². The Balaban J connectivity index is 1.97. The molecule has 140 valence electrons. The fourth-order valence-corrected chi connectivity index (χ4v) is 3.28. The van der Waals surface area contributed by atoms with Gasteiger partial charge < -0.3 is 10.0 Å². The van der Waals surface area contributed by atoms with E-state index in [9.17, 15) is 9.90 Å². The number of nitrogens with zero attached hydrogens (tertiary/aromatic N) is 3.